The van der Waals surface area contributed by atoms with Gasteiger partial charge >= 0.3 is 0 Å². The molecule has 0 aliphatic heterocycles. The second-order valence-electron chi connectivity index (χ2n) is 9.34. The zero-order valence-corrected chi connectivity index (χ0v) is 18.5. The fourth-order valence-corrected chi connectivity index (χ4v) is 4.95. The Balaban J connectivity index is 1.70. The summed E-state index contributed by atoms with van der Waals surface area (Å²) in [4.78, 5) is 14.4. The summed E-state index contributed by atoms with van der Waals surface area (Å²) < 4.78 is 0. The van der Waals surface area contributed by atoms with Crippen LogP contribution in [0, 0.1) is 17.8 Å². The summed E-state index contributed by atoms with van der Waals surface area (Å²) >= 11 is 0. The Morgan fingerprint density at radius 1 is 1.14 bits per heavy atom. The fraction of sp³-hybridized carbons (Fsp3) is 0.800. The van der Waals surface area contributed by atoms with Crippen molar-refractivity contribution in [3.05, 3.63) is 23.8 Å². The van der Waals surface area contributed by atoms with Crippen LogP contribution >= 0.6 is 0 Å². The van der Waals surface area contributed by atoms with Crippen LogP contribution in [-0.4, -0.2) is 42.5 Å². The van der Waals surface area contributed by atoms with Crippen LogP contribution in [0.25, 0.3) is 0 Å². The first-order chi connectivity index (χ1) is 13.5. The highest BCUT2D eigenvalue weighted by atomic mass is 16.3. The topological polar surface area (TPSA) is 40.5 Å². The van der Waals surface area contributed by atoms with Gasteiger partial charge in [0.2, 0.25) is 0 Å². The SMILES string of the molecule is CCCCCCCC(=O)C=C[C@@H]1[C@H]2CC(CCCCCN(C)C)=C[C@H]2C[C@H]1O. The molecule has 1 saturated carbocycles. The Labute approximate surface area is 173 Å². The van der Waals surface area contributed by atoms with Gasteiger partial charge in [-0.2, -0.15) is 0 Å². The third-order valence-electron chi connectivity index (χ3n) is 6.58. The lowest BCUT2D eigenvalue weighted by atomic mass is 9.88. The number of hydrogen-bond acceptors (Lipinski definition) is 3. The number of carbonyl (C=O) groups is 1. The number of aliphatic hydroxyl groups is 1. The third kappa shape index (κ3) is 7.83. The highest BCUT2D eigenvalue weighted by Gasteiger charge is 2.43. The number of hydrogen-bond donors (Lipinski definition) is 1. The van der Waals surface area contributed by atoms with Gasteiger partial charge in [0, 0.05) is 12.3 Å². The van der Waals surface area contributed by atoms with E-state index in [-0.39, 0.29) is 17.8 Å². The number of aliphatic hydroxyl groups excluding tert-OH is 1. The van der Waals surface area contributed by atoms with Gasteiger partial charge in [0.05, 0.1) is 6.10 Å². The van der Waals surface area contributed by atoms with Crippen molar-refractivity contribution in [3.63, 3.8) is 0 Å². The minimum Gasteiger partial charge on any atom is -0.392 e. The van der Waals surface area contributed by atoms with E-state index in [4.69, 9.17) is 0 Å². The van der Waals surface area contributed by atoms with Crippen LogP contribution in [-0.2, 0) is 4.79 Å². The van der Waals surface area contributed by atoms with Crippen LogP contribution < -0.4 is 0 Å². The molecule has 3 heteroatoms. The lowest BCUT2D eigenvalue weighted by Crippen LogP contribution is -2.17. The summed E-state index contributed by atoms with van der Waals surface area (Å²) in [7, 11) is 4.27. The van der Waals surface area contributed by atoms with Crippen LogP contribution in [0.5, 0.6) is 0 Å². The molecule has 0 bridgehead atoms. The third-order valence-corrected chi connectivity index (χ3v) is 6.58. The lowest BCUT2D eigenvalue weighted by molar-refractivity contribution is -0.114. The van der Waals surface area contributed by atoms with Gasteiger partial charge in [-0.05, 0) is 77.1 Å². The molecule has 160 valence electrons. The summed E-state index contributed by atoms with van der Waals surface area (Å²) in [5, 5.41) is 10.5. The van der Waals surface area contributed by atoms with E-state index in [2.05, 4.69) is 32.0 Å². The number of ketones is 1. The molecule has 0 aromatic heterocycles. The number of nitrogens with zero attached hydrogens (tertiary/aromatic N) is 1. The molecule has 1 N–H and O–H groups in total. The van der Waals surface area contributed by atoms with E-state index in [0.717, 1.165) is 25.7 Å². The van der Waals surface area contributed by atoms with E-state index in [9.17, 15) is 9.90 Å². The maximum Gasteiger partial charge on any atom is 0.155 e. The second-order valence-corrected chi connectivity index (χ2v) is 9.34. The average Bonchev–Trinajstić information content (AvgIpc) is 3.15. The van der Waals surface area contributed by atoms with Crippen LogP contribution in [0.4, 0.5) is 0 Å². The summed E-state index contributed by atoms with van der Waals surface area (Å²) in [5.41, 5.74) is 1.59. The lowest BCUT2D eigenvalue weighted by Gasteiger charge is -2.18. The number of fused-ring (bicyclic) bond motifs is 1. The molecule has 2 aliphatic rings. The number of unbranched alkanes of at least 4 members (excludes halogenated alkanes) is 6. The molecule has 0 aromatic rings. The molecule has 0 spiro atoms. The maximum absolute atomic E-state index is 12.2. The standard InChI is InChI=1S/C25H43NO2/c1-4-5-6-7-10-13-22(27)14-15-23-24-18-20(17-21(24)19-25(23)28)12-9-8-11-16-26(2)3/h14-15,17,21,23-25,28H,4-13,16,18-19H2,1-3H3/t21-,23+,24-,25+/m0/s1. The molecule has 0 amide bonds. The zero-order chi connectivity index (χ0) is 20.4. The van der Waals surface area contributed by atoms with E-state index < -0.39 is 0 Å². The molecule has 1 fully saturated rings. The fourth-order valence-electron chi connectivity index (χ4n) is 4.95. The molecule has 0 heterocycles. The minimum atomic E-state index is -0.276. The second kappa shape index (κ2) is 12.6. The molecule has 2 rings (SSSR count). The summed E-state index contributed by atoms with van der Waals surface area (Å²) in [6.07, 6.45) is 19.6. The van der Waals surface area contributed by atoms with Gasteiger partial charge in [-0.3, -0.25) is 4.79 Å². The summed E-state index contributed by atoms with van der Waals surface area (Å²) in [6, 6.07) is 0. The van der Waals surface area contributed by atoms with Crippen molar-refractivity contribution in [2.75, 3.05) is 20.6 Å². The molecular weight excluding hydrogens is 346 g/mol. The monoisotopic (exact) mass is 389 g/mol. The highest BCUT2D eigenvalue weighted by molar-refractivity contribution is 5.89. The predicted octanol–water partition coefficient (Wildman–Crippen LogP) is 5.54. The van der Waals surface area contributed by atoms with Crippen LogP contribution in [0.15, 0.2) is 23.8 Å². The van der Waals surface area contributed by atoms with Gasteiger partial charge in [0.1, 0.15) is 0 Å². The molecule has 2 aliphatic carbocycles. The Morgan fingerprint density at radius 2 is 1.89 bits per heavy atom. The quantitative estimate of drug-likeness (QED) is 0.241. The average molecular weight is 390 g/mol. The van der Waals surface area contributed by atoms with E-state index in [0.29, 0.717) is 18.3 Å². The first kappa shape index (κ1) is 23.3. The first-order valence-electron chi connectivity index (χ1n) is 11.7. The molecule has 28 heavy (non-hydrogen) atoms. The van der Waals surface area contributed by atoms with Gasteiger partial charge in [0.25, 0.3) is 0 Å². The number of carbonyl (C=O) groups excluding carboxylic acids is 1. The van der Waals surface area contributed by atoms with Crippen molar-refractivity contribution in [2.45, 2.75) is 90.1 Å². The van der Waals surface area contributed by atoms with Gasteiger partial charge in [-0.1, -0.05) is 56.8 Å². The zero-order valence-electron chi connectivity index (χ0n) is 18.5. The Bertz CT molecular complexity index is 523. The summed E-state index contributed by atoms with van der Waals surface area (Å²) in [6.45, 7) is 3.39. The van der Waals surface area contributed by atoms with Crippen LogP contribution in [0.3, 0.4) is 0 Å². The number of allylic oxidation sites excluding steroid dienone is 3. The Kier molecular flexibility index (Phi) is 10.5. The first-order valence-corrected chi connectivity index (χ1v) is 11.7. The molecular formula is C25H43NO2. The van der Waals surface area contributed by atoms with Gasteiger partial charge in [-0.25, -0.2) is 0 Å². The van der Waals surface area contributed by atoms with Crippen molar-refractivity contribution >= 4 is 5.78 Å². The van der Waals surface area contributed by atoms with Crippen molar-refractivity contribution in [1.29, 1.82) is 0 Å². The van der Waals surface area contributed by atoms with E-state index in [1.165, 1.54) is 51.5 Å². The molecule has 0 saturated heterocycles. The Morgan fingerprint density at radius 3 is 2.64 bits per heavy atom. The maximum atomic E-state index is 12.2. The molecule has 0 aromatic carbocycles. The van der Waals surface area contributed by atoms with E-state index >= 15 is 0 Å². The molecule has 0 radical (unpaired) electrons. The highest BCUT2D eigenvalue weighted by Crippen LogP contribution is 2.48. The Hall–Kier alpha value is -0.930. The minimum absolute atomic E-state index is 0.163. The van der Waals surface area contributed by atoms with Crippen molar-refractivity contribution in [1.82, 2.24) is 4.90 Å². The van der Waals surface area contributed by atoms with Crippen molar-refractivity contribution in [3.8, 4) is 0 Å². The van der Waals surface area contributed by atoms with E-state index in [1.54, 1.807) is 11.6 Å². The van der Waals surface area contributed by atoms with Gasteiger partial charge in [-0.15, -0.1) is 0 Å². The van der Waals surface area contributed by atoms with E-state index in [1.807, 2.05) is 6.08 Å². The van der Waals surface area contributed by atoms with Crippen molar-refractivity contribution < 1.29 is 9.90 Å². The molecule has 3 nitrogen and oxygen atoms in total. The molecule has 4 atom stereocenters. The smallest absolute Gasteiger partial charge is 0.155 e. The normalized spacial score (nSPS) is 27.0. The molecule has 0 unspecified atom stereocenters. The predicted molar refractivity (Wildman–Crippen MR) is 118 cm³/mol. The van der Waals surface area contributed by atoms with Gasteiger partial charge < -0.3 is 10.0 Å². The van der Waals surface area contributed by atoms with Crippen molar-refractivity contribution in [2.24, 2.45) is 17.8 Å². The van der Waals surface area contributed by atoms with Crippen LogP contribution in [0.1, 0.15) is 84.0 Å². The largest absolute Gasteiger partial charge is 0.392 e. The summed E-state index contributed by atoms with van der Waals surface area (Å²) in [5.74, 6) is 1.43. The van der Waals surface area contributed by atoms with Crippen LogP contribution in [0.2, 0.25) is 0 Å². The van der Waals surface area contributed by atoms with Gasteiger partial charge in [0.15, 0.2) is 5.78 Å². The number of rotatable bonds is 14.